The van der Waals surface area contributed by atoms with Crippen LogP contribution in [0.15, 0.2) is 53.3 Å². The fraction of sp³-hybridized carbons (Fsp3) is 0.393. The van der Waals surface area contributed by atoms with Crippen molar-refractivity contribution in [3.05, 3.63) is 81.7 Å². The van der Waals surface area contributed by atoms with E-state index in [4.69, 9.17) is 11.6 Å². The highest BCUT2D eigenvalue weighted by Crippen LogP contribution is 2.46. The summed E-state index contributed by atoms with van der Waals surface area (Å²) in [6.07, 6.45) is 8.59. The largest absolute Gasteiger partial charge is 0.356 e. The van der Waals surface area contributed by atoms with E-state index in [0.717, 1.165) is 19.5 Å². The van der Waals surface area contributed by atoms with Gasteiger partial charge in [-0.3, -0.25) is 9.36 Å². The predicted molar refractivity (Wildman–Crippen MR) is 131 cm³/mol. The van der Waals surface area contributed by atoms with Crippen molar-refractivity contribution < 1.29 is 4.39 Å². The van der Waals surface area contributed by atoms with E-state index in [9.17, 15) is 9.18 Å². The molecule has 172 valence electrons. The average molecular weight is 455 g/mol. The lowest BCUT2D eigenvalue weighted by Gasteiger charge is -2.25. The summed E-state index contributed by atoms with van der Waals surface area (Å²) in [5.41, 5.74) is 2.62. The summed E-state index contributed by atoms with van der Waals surface area (Å²) in [4.78, 5) is 23.9. The minimum Gasteiger partial charge on any atom is -0.356 e. The van der Waals surface area contributed by atoms with E-state index in [2.05, 4.69) is 21.9 Å². The lowest BCUT2D eigenvalue weighted by atomic mass is 9.86. The standard InChI is InChI=1S/C28H27FN4O/c1-30-24-11-8-21(16-23(24)29)27-31-25(32-15-14-28(18-32)12-2-3-13-28)17-26(34)33(27)22-9-6-20(7-10-22)19-4-5-19/h6-11,16-17,19H,2-5,12-15,18H2. The first-order valence-electron chi connectivity index (χ1n) is 12.2. The first-order chi connectivity index (χ1) is 16.5. The second kappa shape index (κ2) is 8.09. The average Bonchev–Trinajstić information content (AvgIpc) is 3.47. The Morgan fingerprint density at radius 3 is 2.47 bits per heavy atom. The van der Waals surface area contributed by atoms with Crippen molar-refractivity contribution in [2.45, 2.75) is 50.9 Å². The Balaban J connectivity index is 1.46. The molecule has 1 saturated heterocycles. The molecule has 0 N–H and O–H groups in total. The van der Waals surface area contributed by atoms with Crippen LogP contribution in [0.5, 0.6) is 0 Å². The maximum Gasteiger partial charge on any atom is 0.260 e. The van der Waals surface area contributed by atoms with Crippen LogP contribution >= 0.6 is 0 Å². The summed E-state index contributed by atoms with van der Waals surface area (Å²) in [6, 6.07) is 14.1. The van der Waals surface area contributed by atoms with Gasteiger partial charge in [0.2, 0.25) is 5.69 Å². The van der Waals surface area contributed by atoms with E-state index in [0.29, 0.717) is 34.2 Å². The Labute approximate surface area is 198 Å². The normalized spacial score (nSPS) is 19.0. The number of rotatable bonds is 4. The summed E-state index contributed by atoms with van der Waals surface area (Å²) in [5.74, 6) is 1.08. The smallest absolute Gasteiger partial charge is 0.260 e. The molecule has 0 atom stereocenters. The van der Waals surface area contributed by atoms with Crippen molar-refractivity contribution >= 4 is 11.5 Å². The Morgan fingerprint density at radius 1 is 1.03 bits per heavy atom. The topological polar surface area (TPSA) is 42.5 Å². The van der Waals surface area contributed by atoms with Crippen LogP contribution in [-0.2, 0) is 0 Å². The summed E-state index contributed by atoms with van der Waals surface area (Å²) in [5, 5.41) is 0. The Kier molecular flexibility index (Phi) is 5.02. The van der Waals surface area contributed by atoms with Crippen molar-refractivity contribution in [3.63, 3.8) is 0 Å². The van der Waals surface area contributed by atoms with Crippen LogP contribution in [0.4, 0.5) is 15.9 Å². The molecule has 1 aromatic heterocycles. The second-order valence-electron chi connectivity index (χ2n) is 10.1. The molecule has 0 unspecified atom stereocenters. The van der Waals surface area contributed by atoms with E-state index >= 15 is 0 Å². The summed E-state index contributed by atoms with van der Waals surface area (Å²) >= 11 is 0. The zero-order valence-corrected chi connectivity index (χ0v) is 19.1. The SMILES string of the molecule is [C-]#[N+]c1ccc(-c2nc(N3CCC4(CCCC4)C3)cc(=O)n2-c2ccc(C3CC3)cc2)cc1F. The number of benzene rings is 2. The van der Waals surface area contributed by atoms with Gasteiger partial charge >= 0.3 is 0 Å². The van der Waals surface area contributed by atoms with E-state index in [1.54, 1.807) is 16.7 Å². The van der Waals surface area contributed by atoms with Crippen LogP contribution in [0.2, 0.25) is 0 Å². The molecule has 3 aliphatic rings. The predicted octanol–water partition coefficient (Wildman–Crippen LogP) is 6.24. The van der Waals surface area contributed by atoms with Crippen molar-refractivity contribution in [2.75, 3.05) is 18.0 Å². The van der Waals surface area contributed by atoms with Crippen LogP contribution in [0, 0.1) is 17.8 Å². The molecule has 3 fully saturated rings. The van der Waals surface area contributed by atoms with Gasteiger partial charge in [-0.2, -0.15) is 0 Å². The van der Waals surface area contributed by atoms with Gasteiger partial charge in [0.1, 0.15) is 17.5 Å². The molecule has 5 nitrogen and oxygen atoms in total. The molecule has 0 radical (unpaired) electrons. The molecule has 2 aromatic carbocycles. The zero-order chi connectivity index (χ0) is 23.3. The third kappa shape index (κ3) is 3.69. The molecule has 1 spiro atoms. The maximum atomic E-state index is 14.6. The van der Waals surface area contributed by atoms with Crippen LogP contribution in [0.1, 0.15) is 56.4 Å². The van der Waals surface area contributed by atoms with E-state index < -0.39 is 5.82 Å². The zero-order valence-electron chi connectivity index (χ0n) is 19.1. The van der Waals surface area contributed by atoms with Crippen LogP contribution in [-0.4, -0.2) is 22.6 Å². The molecule has 6 rings (SSSR count). The molecule has 2 aliphatic carbocycles. The van der Waals surface area contributed by atoms with Crippen LogP contribution < -0.4 is 10.5 Å². The number of hydrogen-bond donors (Lipinski definition) is 0. The Hall–Kier alpha value is -3.46. The number of hydrogen-bond acceptors (Lipinski definition) is 3. The minimum atomic E-state index is -0.603. The molecule has 2 saturated carbocycles. The van der Waals surface area contributed by atoms with Gasteiger partial charge in [-0.25, -0.2) is 14.2 Å². The van der Waals surface area contributed by atoms with Gasteiger partial charge in [-0.15, -0.1) is 0 Å². The number of anilines is 1. The monoisotopic (exact) mass is 454 g/mol. The van der Waals surface area contributed by atoms with Crippen molar-refractivity contribution in [1.29, 1.82) is 0 Å². The minimum absolute atomic E-state index is 0.0368. The number of nitrogens with zero attached hydrogens (tertiary/aromatic N) is 4. The molecule has 0 amide bonds. The molecule has 1 aliphatic heterocycles. The Morgan fingerprint density at radius 2 is 1.79 bits per heavy atom. The fourth-order valence-electron chi connectivity index (χ4n) is 5.79. The van der Waals surface area contributed by atoms with Gasteiger partial charge in [0, 0.05) is 24.7 Å². The molecule has 6 heteroatoms. The van der Waals surface area contributed by atoms with Crippen LogP contribution in [0.25, 0.3) is 21.9 Å². The quantitative estimate of drug-likeness (QED) is 0.439. The third-order valence-corrected chi connectivity index (χ3v) is 7.86. The van der Waals surface area contributed by atoms with Crippen molar-refractivity contribution in [1.82, 2.24) is 9.55 Å². The number of halogens is 1. The number of aromatic nitrogens is 2. The first kappa shape index (κ1) is 21.1. The highest BCUT2D eigenvalue weighted by atomic mass is 19.1. The van der Waals surface area contributed by atoms with Gasteiger partial charge in [-0.1, -0.05) is 37.1 Å². The maximum absolute atomic E-state index is 14.6. The summed E-state index contributed by atoms with van der Waals surface area (Å²) in [6.45, 7) is 8.97. The summed E-state index contributed by atoms with van der Waals surface area (Å²) in [7, 11) is 0. The fourth-order valence-corrected chi connectivity index (χ4v) is 5.79. The lowest BCUT2D eigenvalue weighted by Crippen LogP contribution is -2.29. The van der Waals surface area contributed by atoms with Gasteiger partial charge < -0.3 is 4.90 Å². The Bertz CT molecular complexity index is 1340. The third-order valence-electron chi connectivity index (χ3n) is 7.86. The first-order valence-corrected chi connectivity index (χ1v) is 12.2. The lowest BCUT2D eigenvalue weighted by molar-refractivity contribution is 0.340. The van der Waals surface area contributed by atoms with Gasteiger partial charge in [-0.05, 0) is 67.2 Å². The molecular weight excluding hydrogens is 427 g/mol. The second-order valence-corrected chi connectivity index (χ2v) is 10.1. The van der Waals surface area contributed by atoms with Crippen molar-refractivity contribution in [2.24, 2.45) is 5.41 Å². The van der Waals surface area contributed by atoms with Gasteiger partial charge in [0.15, 0.2) is 0 Å². The van der Waals surface area contributed by atoms with Crippen molar-refractivity contribution in [3.8, 4) is 17.1 Å². The highest BCUT2D eigenvalue weighted by molar-refractivity contribution is 5.65. The van der Waals surface area contributed by atoms with E-state index in [1.165, 1.54) is 56.2 Å². The molecule has 0 bridgehead atoms. The van der Waals surface area contributed by atoms with Crippen LogP contribution in [0.3, 0.4) is 0 Å². The highest BCUT2D eigenvalue weighted by Gasteiger charge is 2.40. The molecule has 34 heavy (non-hydrogen) atoms. The summed E-state index contributed by atoms with van der Waals surface area (Å²) < 4.78 is 16.1. The van der Waals surface area contributed by atoms with E-state index in [-0.39, 0.29) is 11.2 Å². The van der Waals surface area contributed by atoms with Gasteiger partial charge in [0.25, 0.3) is 5.56 Å². The molecule has 2 heterocycles. The molecular formula is C28H27FN4O. The van der Waals surface area contributed by atoms with E-state index in [1.807, 2.05) is 12.1 Å². The van der Waals surface area contributed by atoms with Gasteiger partial charge in [0.05, 0.1) is 12.3 Å². The molecule has 3 aromatic rings.